The van der Waals surface area contributed by atoms with Gasteiger partial charge in [-0.15, -0.1) is 24.0 Å². The van der Waals surface area contributed by atoms with Gasteiger partial charge >= 0.3 is 0 Å². The number of nitrogens with one attached hydrogen (secondary N) is 2. The highest BCUT2D eigenvalue weighted by Gasteiger charge is 2.09. The first-order valence-electron chi connectivity index (χ1n) is 10.9. The number of halogens is 1. The Bertz CT molecular complexity index is 1040. The minimum absolute atomic E-state index is 0. The highest BCUT2D eigenvalue weighted by Crippen LogP contribution is 2.17. The molecule has 0 atom stereocenters. The fraction of sp³-hybridized carbons (Fsp3) is 0.360. The number of aromatic nitrogens is 2. The van der Waals surface area contributed by atoms with Gasteiger partial charge in [-0.3, -0.25) is 4.99 Å². The number of hydrogen-bond donors (Lipinski definition) is 2. The molecule has 2 aromatic carbocycles. The minimum Gasteiger partial charge on any atom is -0.493 e. The third kappa shape index (κ3) is 8.04. The van der Waals surface area contributed by atoms with Crippen molar-refractivity contribution in [3.05, 3.63) is 77.1 Å². The summed E-state index contributed by atoms with van der Waals surface area (Å²) in [6, 6.07) is 18.4. The largest absolute Gasteiger partial charge is 0.493 e. The van der Waals surface area contributed by atoms with Crippen LogP contribution in [0.25, 0.3) is 5.69 Å². The fourth-order valence-corrected chi connectivity index (χ4v) is 3.46. The molecule has 0 aliphatic rings. The van der Waals surface area contributed by atoms with Gasteiger partial charge in [0.2, 0.25) is 0 Å². The molecule has 178 valence electrons. The molecule has 2 N–H and O–H groups in total. The summed E-state index contributed by atoms with van der Waals surface area (Å²) in [5.41, 5.74) is 5.46. The Hall–Kier alpha value is -2.59. The van der Waals surface area contributed by atoms with Crippen LogP contribution in [-0.4, -0.2) is 43.1 Å². The molecule has 0 bridgehead atoms. The van der Waals surface area contributed by atoms with E-state index < -0.39 is 0 Å². The SMILES string of the molecule is CN=C(NCc1cccc(OCCCOC)c1)NCc1ccccc1-n1nc(C)cc1C.I. The molecule has 0 fully saturated rings. The number of aryl methyl sites for hydroxylation is 2. The number of hydrogen-bond acceptors (Lipinski definition) is 4. The van der Waals surface area contributed by atoms with Crippen LogP contribution in [0, 0.1) is 13.8 Å². The lowest BCUT2D eigenvalue weighted by atomic mass is 10.1. The predicted octanol–water partition coefficient (Wildman–Crippen LogP) is 4.39. The van der Waals surface area contributed by atoms with Crippen LogP contribution in [0.15, 0.2) is 59.6 Å². The maximum absolute atomic E-state index is 5.79. The molecule has 3 aromatic rings. The van der Waals surface area contributed by atoms with Crippen molar-refractivity contribution in [3.8, 4) is 11.4 Å². The zero-order chi connectivity index (χ0) is 22.8. The monoisotopic (exact) mass is 563 g/mol. The Labute approximate surface area is 213 Å². The van der Waals surface area contributed by atoms with Gasteiger partial charge in [0, 0.05) is 46.0 Å². The van der Waals surface area contributed by atoms with Gasteiger partial charge in [0.05, 0.1) is 18.0 Å². The van der Waals surface area contributed by atoms with Gasteiger partial charge in [0.15, 0.2) is 5.96 Å². The van der Waals surface area contributed by atoms with E-state index in [4.69, 9.17) is 9.47 Å². The van der Waals surface area contributed by atoms with Crippen molar-refractivity contribution in [1.29, 1.82) is 0 Å². The highest BCUT2D eigenvalue weighted by atomic mass is 127. The van der Waals surface area contributed by atoms with Crippen LogP contribution < -0.4 is 15.4 Å². The van der Waals surface area contributed by atoms with Gasteiger partial charge in [-0.2, -0.15) is 5.10 Å². The lowest BCUT2D eigenvalue weighted by molar-refractivity contribution is 0.172. The Morgan fingerprint density at radius 1 is 1.00 bits per heavy atom. The molecule has 1 heterocycles. The molecule has 0 saturated heterocycles. The summed E-state index contributed by atoms with van der Waals surface area (Å²) in [4.78, 5) is 4.36. The summed E-state index contributed by atoms with van der Waals surface area (Å²) < 4.78 is 12.8. The van der Waals surface area contributed by atoms with Crippen LogP contribution in [0.3, 0.4) is 0 Å². The van der Waals surface area contributed by atoms with E-state index in [9.17, 15) is 0 Å². The maximum atomic E-state index is 5.79. The second kappa shape index (κ2) is 13.8. The lowest BCUT2D eigenvalue weighted by Gasteiger charge is -2.15. The smallest absolute Gasteiger partial charge is 0.191 e. The summed E-state index contributed by atoms with van der Waals surface area (Å²) >= 11 is 0. The number of guanidine groups is 1. The quantitative estimate of drug-likeness (QED) is 0.166. The van der Waals surface area contributed by atoms with Crippen molar-refractivity contribution in [2.75, 3.05) is 27.4 Å². The van der Waals surface area contributed by atoms with Crippen LogP contribution in [-0.2, 0) is 17.8 Å². The Morgan fingerprint density at radius 3 is 2.52 bits per heavy atom. The van der Waals surface area contributed by atoms with Gasteiger partial charge in [0.25, 0.3) is 0 Å². The van der Waals surface area contributed by atoms with Gasteiger partial charge < -0.3 is 20.1 Å². The van der Waals surface area contributed by atoms with Crippen molar-refractivity contribution in [2.24, 2.45) is 4.99 Å². The molecular weight excluding hydrogens is 529 g/mol. The van der Waals surface area contributed by atoms with E-state index in [1.165, 1.54) is 0 Å². The van der Waals surface area contributed by atoms with Crippen molar-refractivity contribution in [3.63, 3.8) is 0 Å². The van der Waals surface area contributed by atoms with Gasteiger partial charge in [-0.25, -0.2) is 4.68 Å². The van der Waals surface area contributed by atoms with Crippen LogP contribution in [0.1, 0.15) is 28.9 Å². The Morgan fingerprint density at radius 2 is 1.79 bits per heavy atom. The highest BCUT2D eigenvalue weighted by molar-refractivity contribution is 14.0. The minimum atomic E-state index is 0. The standard InChI is InChI=1S/C25H33N5O2.HI/c1-19-15-20(2)30(29-19)24-12-6-5-10-22(24)18-28-25(26-3)27-17-21-9-7-11-23(16-21)32-14-8-13-31-4;/h5-7,9-12,15-16H,8,13-14,17-18H2,1-4H3,(H2,26,27,28);1H. The molecule has 0 aliphatic heterocycles. The van der Waals surface area contributed by atoms with E-state index in [1.54, 1.807) is 14.2 Å². The van der Waals surface area contributed by atoms with E-state index in [0.717, 1.165) is 46.3 Å². The van der Waals surface area contributed by atoms with Crippen molar-refractivity contribution >= 4 is 29.9 Å². The van der Waals surface area contributed by atoms with E-state index in [-0.39, 0.29) is 24.0 Å². The number of aliphatic imine (C=N–C) groups is 1. The maximum Gasteiger partial charge on any atom is 0.191 e. The van der Waals surface area contributed by atoms with E-state index in [0.29, 0.717) is 26.3 Å². The first kappa shape index (κ1) is 26.7. The number of methoxy groups -OCH3 is 1. The number of para-hydroxylation sites is 1. The molecule has 0 spiro atoms. The third-order valence-electron chi connectivity index (χ3n) is 5.02. The van der Waals surface area contributed by atoms with Gasteiger partial charge in [-0.1, -0.05) is 30.3 Å². The summed E-state index contributed by atoms with van der Waals surface area (Å²) in [7, 11) is 3.47. The predicted molar refractivity (Wildman–Crippen MR) is 144 cm³/mol. The molecule has 0 radical (unpaired) electrons. The van der Waals surface area contributed by atoms with Crippen LogP contribution in [0.2, 0.25) is 0 Å². The third-order valence-corrected chi connectivity index (χ3v) is 5.02. The lowest BCUT2D eigenvalue weighted by Crippen LogP contribution is -2.36. The first-order valence-corrected chi connectivity index (χ1v) is 10.9. The number of ether oxygens (including phenoxy) is 2. The van der Waals surface area contributed by atoms with Gasteiger partial charge in [-0.05, 0) is 49.2 Å². The molecule has 0 amide bonds. The van der Waals surface area contributed by atoms with E-state index in [1.807, 2.05) is 41.9 Å². The topological polar surface area (TPSA) is 72.7 Å². The summed E-state index contributed by atoms with van der Waals surface area (Å²) in [5, 5.41) is 11.4. The first-order chi connectivity index (χ1) is 15.6. The van der Waals surface area contributed by atoms with E-state index in [2.05, 4.69) is 51.9 Å². The van der Waals surface area contributed by atoms with Gasteiger partial charge in [0.1, 0.15) is 5.75 Å². The average Bonchev–Trinajstić information content (AvgIpc) is 3.15. The summed E-state index contributed by atoms with van der Waals surface area (Å²) in [5.74, 6) is 1.60. The molecule has 8 heteroatoms. The molecular formula is C25H34IN5O2. The zero-order valence-corrected chi connectivity index (χ0v) is 22.1. The molecule has 7 nitrogen and oxygen atoms in total. The Kier molecular flexibility index (Phi) is 11.2. The molecule has 33 heavy (non-hydrogen) atoms. The number of rotatable bonds is 10. The molecule has 0 aliphatic carbocycles. The van der Waals surface area contributed by atoms with Crippen LogP contribution in [0.5, 0.6) is 5.75 Å². The molecule has 3 rings (SSSR count). The fourth-order valence-electron chi connectivity index (χ4n) is 3.46. The van der Waals surface area contributed by atoms with Crippen molar-refractivity contribution in [1.82, 2.24) is 20.4 Å². The molecule has 0 saturated carbocycles. The van der Waals surface area contributed by atoms with Crippen LogP contribution in [0.4, 0.5) is 0 Å². The number of nitrogens with zero attached hydrogens (tertiary/aromatic N) is 3. The molecule has 1 aromatic heterocycles. The molecule has 0 unspecified atom stereocenters. The van der Waals surface area contributed by atoms with E-state index >= 15 is 0 Å². The average molecular weight is 563 g/mol. The summed E-state index contributed by atoms with van der Waals surface area (Å²) in [6.45, 7) is 6.70. The second-order valence-corrected chi connectivity index (χ2v) is 7.59. The van der Waals surface area contributed by atoms with Crippen LogP contribution >= 0.6 is 24.0 Å². The Balaban J connectivity index is 0.00000385. The van der Waals surface area contributed by atoms with Crippen molar-refractivity contribution < 1.29 is 9.47 Å². The zero-order valence-electron chi connectivity index (χ0n) is 19.8. The second-order valence-electron chi connectivity index (χ2n) is 7.59. The normalized spacial score (nSPS) is 11.1. The summed E-state index contributed by atoms with van der Waals surface area (Å²) in [6.07, 6.45) is 0.870. The van der Waals surface area contributed by atoms with Crippen molar-refractivity contribution in [2.45, 2.75) is 33.4 Å². The number of benzene rings is 2.